The number of rotatable bonds is 10. The summed E-state index contributed by atoms with van der Waals surface area (Å²) in [5, 5.41) is 17.0. The van der Waals surface area contributed by atoms with Crippen LogP contribution in [0.4, 0.5) is 11.4 Å². The van der Waals surface area contributed by atoms with Gasteiger partial charge in [-0.3, -0.25) is 19.7 Å². The number of aromatic nitrogens is 4. The van der Waals surface area contributed by atoms with Crippen LogP contribution in [0.15, 0.2) is 67.3 Å². The number of aromatic amines is 1. The Bertz CT molecular complexity index is 1480. The summed E-state index contributed by atoms with van der Waals surface area (Å²) in [6.45, 7) is 8.18. The molecule has 38 heavy (non-hydrogen) atoms. The first-order valence-electron chi connectivity index (χ1n) is 12.9. The van der Waals surface area contributed by atoms with Gasteiger partial charge in [-0.1, -0.05) is 26.5 Å². The maximum Gasteiger partial charge on any atom is 0.276 e. The molecule has 1 aliphatic carbocycles. The minimum absolute atomic E-state index is 0.109. The Morgan fingerprint density at radius 3 is 2.50 bits per heavy atom. The van der Waals surface area contributed by atoms with Crippen molar-refractivity contribution >= 4 is 34.1 Å². The lowest BCUT2D eigenvalue weighted by atomic mass is 10.0. The number of amides is 2. The summed E-state index contributed by atoms with van der Waals surface area (Å²) < 4.78 is 0. The van der Waals surface area contributed by atoms with Gasteiger partial charge in [-0.25, -0.2) is 4.98 Å². The predicted octanol–water partition coefficient (Wildman–Crippen LogP) is 5.53. The maximum absolute atomic E-state index is 13.1. The number of carbonyl (C=O) groups is 2. The van der Waals surface area contributed by atoms with Crippen molar-refractivity contribution < 1.29 is 9.59 Å². The van der Waals surface area contributed by atoms with Crippen LogP contribution < -0.4 is 16.0 Å². The van der Waals surface area contributed by atoms with E-state index in [1.165, 1.54) is 19.0 Å². The smallest absolute Gasteiger partial charge is 0.276 e. The van der Waals surface area contributed by atoms with Crippen LogP contribution in [0.1, 0.15) is 60.5 Å². The fourth-order valence-electron chi connectivity index (χ4n) is 4.30. The number of carbonyl (C=O) groups excluding carboxylic acids is 2. The molecule has 4 N–H and O–H groups in total. The van der Waals surface area contributed by atoms with E-state index in [4.69, 9.17) is 0 Å². The van der Waals surface area contributed by atoms with Gasteiger partial charge >= 0.3 is 0 Å². The predicted molar refractivity (Wildman–Crippen MR) is 149 cm³/mol. The summed E-state index contributed by atoms with van der Waals surface area (Å²) in [6, 6.07) is 11.2. The Labute approximate surface area is 221 Å². The SMILES string of the molecule is C=C(Nc1cncc(-c2ccc3[nH]nc(C(=O)Nc4ccc(C(=O)NC(CC)CC)nc4)c3c2)c1)C1CC1. The van der Waals surface area contributed by atoms with Crippen molar-refractivity contribution in [3.8, 4) is 11.1 Å². The van der Waals surface area contributed by atoms with Gasteiger partial charge in [0.05, 0.1) is 29.3 Å². The number of hydrogen-bond donors (Lipinski definition) is 4. The Balaban J connectivity index is 1.31. The number of H-pyrrole nitrogens is 1. The van der Waals surface area contributed by atoms with E-state index >= 15 is 0 Å². The van der Waals surface area contributed by atoms with Crippen molar-refractivity contribution in [2.75, 3.05) is 10.6 Å². The van der Waals surface area contributed by atoms with E-state index in [1.807, 2.05) is 38.1 Å². The molecule has 0 unspecified atom stereocenters. The molecular formula is C29H31N7O2. The summed E-state index contributed by atoms with van der Waals surface area (Å²) in [7, 11) is 0. The fraction of sp³-hybridized carbons (Fsp3) is 0.276. The third-order valence-electron chi connectivity index (χ3n) is 6.80. The molecule has 1 aliphatic rings. The Hall–Kier alpha value is -4.53. The minimum Gasteiger partial charge on any atom is -0.358 e. The van der Waals surface area contributed by atoms with Crippen molar-refractivity contribution in [3.05, 3.63) is 78.7 Å². The summed E-state index contributed by atoms with van der Waals surface area (Å²) in [5.74, 6) is -0.0632. The summed E-state index contributed by atoms with van der Waals surface area (Å²) in [4.78, 5) is 34.1. The van der Waals surface area contributed by atoms with E-state index in [0.717, 1.165) is 40.9 Å². The fourth-order valence-corrected chi connectivity index (χ4v) is 4.30. The first-order chi connectivity index (χ1) is 18.4. The molecule has 4 aromatic rings. The number of hydrogen-bond acceptors (Lipinski definition) is 6. The zero-order valence-corrected chi connectivity index (χ0v) is 21.5. The van der Waals surface area contributed by atoms with Crippen LogP contribution >= 0.6 is 0 Å². The van der Waals surface area contributed by atoms with Gasteiger partial charge in [0.2, 0.25) is 0 Å². The average Bonchev–Trinajstić information content (AvgIpc) is 3.71. The molecule has 0 radical (unpaired) electrons. The van der Waals surface area contributed by atoms with Crippen LogP contribution in [0.3, 0.4) is 0 Å². The van der Waals surface area contributed by atoms with Crippen molar-refractivity contribution in [1.82, 2.24) is 25.5 Å². The number of anilines is 2. The van der Waals surface area contributed by atoms with Crippen molar-refractivity contribution in [1.29, 1.82) is 0 Å². The summed E-state index contributed by atoms with van der Waals surface area (Å²) in [5.41, 5.74) is 5.51. The van der Waals surface area contributed by atoms with Crippen LogP contribution in [0.5, 0.6) is 0 Å². The van der Waals surface area contributed by atoms with Gasteiger partial charge < -0.3 is 16.0 Å². The molecule has 1 aromatic carbocycles. The molecule has 3 aromatic heterocycles. The van der Waals surface area contributed by atoms with Crippen molar-refractivity contribution in [3.63, 3.8) is 0 Å². The highest BCUT2D eigenvalue weighted by Gasteiger charge is 2.24. The van der Waals surface area contributed by atoms with Crippen LogP contribution in [-0.4, -0.2) is 38.0 Å². The molecule has 9 nitrogen and oxygen atoms in total. The van der Waals surface area contributed by atoms with E-state index in [0.29, 0.717) is 22.7 Å². The van der Waals surface area contributed by atoms with Gasteiger partial charge in [-0.2, -0.15) is 5.10 Å². The number of allylic oxidation sites excluding steroid dienone is 1. The lowest BCUT2D eigenvalue weighted by molar-refractivity contribution is 0.0929. The monoisotopic (exact) mass is 509 g/mol. The largest absolute Gasteiger partial charge is 0.358 e. The summed E-state index contributed by atoms with van der Waals surface area (Å²) >= 11 is 0. The molecular weight excluding hydrogens is 478 g/mol. The Morgan fingerprint density at radius 1 is 0.974 bits per heavy atom. The molecule has 9 heteroatoms. The summed E-state index contributed by atoms with van der Waals surface area (Å²) in [6.07, 6.45) is 9.10. The van der Waals surface area contributed by atoms with Crippen molar-refractivity contribution in [2.45, 2.75) is 45.6 Å². The van der Waals surface area contributed by atoms with E-state index < -0.39 is 0 Å². The van der Waals surface area contributed by atoms with Crippen LogP contribution in [0, 0.1) is 5.92 Å². The van der Waals surface area contributed by atoms with Gasteiger partial charge in [0, 0.05) is 28.9 Å². The van der Waals surface area contributed by atoms with Gasteiger partial charge in [0.15, 0.2) is 5.69 Å². The Kier molecular flexibility index (Phi) is 7.17. The second-order valence-electron chi connectivity index (χ2n) is 9.59. The molecule has 194 valence electrons. The maximum atomic E-state index is 13.1. The van der Waals surface area contributed by atoms with E-state index in [2.05, 4.69) is 42.7 Å². The van der Waals surface area contributed by atoms with E-state index in [1.54, 1.807) is 24.5 Å². The van der Waals surface area contributed by atoms with Gasteiger partial charge in [0.25, 0.3) is 11.8 Å². The van der Waals surface area contributed by atoms with Gasteiger partial charge in [-0.15, -0.1) is 0 Å². The molecule has 0 bridgehead atoms. The highest BCUT2D eigenvalue weighted by atomic mass is 16.2. The lowest BCUT2D eigenvalue weighted by Crippen LogP contribution is -2.34. The standard InChI is InChI=1S/C29H31N7O2/c1-4-21(5-2)33-28(37)26-11-9-22(16-31-26)34-29(38)27-24-13-19(8-10-25(24)35-36-27)20-12-23(15-30-14-20)32-17(3)18-6-7-18/h8-16,18,21,32H,3-7H2,1-2H3,(H,33,37)(H,34,38)(H,35,36). The lowest BCUT2D eigenvalue weighted by Gasteiger charge is -2.14. The topological polar surface area (TPSA) is 125 Å². The van der Waals surface area contributed by atoms with Crippen LogP contribution in [0.2, 0.25) is 0 Å². The van der Waals surface area contributed by atoms with E-state index in [9.17, 15) is 9.59 Å². The number of fused-ring (bicyclic) bond motifs is 1. The molecule has 0 spiro atoms. The first kappa shape index (κ1) is 25.1. The normalized spacial score (nSPS) is 12.9. The molecule has 5 rings (SSSR count). The zero-order chi connectivity index (χ0) is 26.6. The second kappa shape index (κ2) is 10.8. The van der Waals surface area contributed by atoms with Gasteiger partial charge in [0.1, 0.15) is 5.69 Å². The number of benzene rings is 1. The van der Waals surface area contributed by atoms with Crippen LogP contribution in [-0.2, 0) is 0 Å². The minimum atomic E-state index is -0.376. The average molecular weight is 510 g/mol. The zero-order valence-electron chi connectivity index (χ0n) is 21.5. The Morgan fingerprint density at radius 2 is 1.79 bits per heavy atom. The number of pyridine rings is 2. The van der Waals surface area contributed by atoms with Crippen molar-refractivity contribution in [2.24, 2.45) is 5.92 Å². The third kappa shape index (κ3) is 5.56. The number of nitrogens with zero attached hydrogens (tertiary/aromatic N) is 3. The van der Waals surface area contributed by atoms with Gasteiger partial charge in [-0.05, 0) is 67.5 Å². The third-order valence-corrected chi connectivity index (χ3v) is 6.80. The molecule has 0 atom stereocenters. The van der Waals surface area contributed by atoms with Crippen LogP contribution in [0.25, 0.3) is 22.0 Å². The highest BCUT2D eigenvalue weighted by molar-refractivity contribution is 6.11. The molecule has 1 saturated carbocycles. The molecule has 1 fully saturated rings. The molecule has 0 aliphatic heterocycles. The molecule has 2 amide bonds. The second-order valence-corrected chi connectivity index (χ2v) is 9.59. The highest BCUT2D eigenvalue weighted by Crippen LogP contribution is 2.36. The van der Waals surface area contributed by atoms with E-state index in [-0.39, 0.29) is 23.6 Å². The molecule has 0 saturated heterocycles. The molecule has 3 heterocycles. The quantitative estimate of drug-likeness (QED) is 0.223. The number of nitrogens with one attached hydrogen (secondary N) is 4. The first-order valence-corrected chi connectivity index (χ1v) is 12.9.